The highest BCUT2D eigenvalue weighted by atomic mass is 127. The Morgan fingerprint density at radius 2 is 1.96 bits per heavy atom. The maximum absolute atomic E-state index is 12.7. The van der Waals surface area contributed by atoms with Gasteiger partial charge in [0.15, 0.2) is 0 Å². The molecule has 6 nitrogen and oxygen atoms in total. The van der Waals surface area contributed by atoms with Gasteiger partial charge in [-0.05, 0) is 63.1 Å². The van der Waals surface area contributed by atoms with E-state index in [1.807, 2.05) is 32.6 Å². The maximum Gasteiger partial charge on any atom is 0.309 e. The van der Waals surface area contributed by atoms with Crippen LogP contribution in [0.15, 0.2) is 0 Å². The highest BCUT2D eigenvalue weighted by Gasteiger charge is 2.30. The molecule has 0 N–H and O–H groups in total. The van der Waals surface area contributed by atoms with Crippen LogP contribution in [-0.4, -0.2) is 45.8 Å². The topological polar surface area (TPSA) is 64.4 Å². The van der Waals surface area contributed by atoms with Crippen molar-refractivity contribution in [3.05, 3.63) is 15.0 Å². The van der Waals surface area contributed by atoms with Gasteiger partial charge in [0.2, 0.25) is 5.91 Å². The first kappa shape index (κ1) is 19.2. The predicted octanol–water partition coefficient (Wildman–Crippen LogP) is 2.41. The van der Waals surface area contributed by atoms with Crippen molar-refractivity contribution in [1.29, 1.82) is 0 Å². The van der Waals surface area contributed by atoms with Gasteiger partial charge in [-0.1, -0.05) is 0 Å². The fourth-order valence-electron chi connectivity index (χ4n) is 3.44. The minimum atomic E-state index is -0.174. The highest BCUT2D eigenvalue weighted by Crippen LogP contribution is 2.29. The molecule has 1 aliphatic rings. The molecule has 1 aromatic rings. The van der Waals surface area contributed by atoms with Crippen LogP contribution >= 0.6 is 22.6 Å². The van der Waals surface area contributed by atoms with Crippen molar-refractivity contribution in [2.45, 2.75) is 65.6 Å². The number of methoxy groups -OCH3 is 1. The van der Waals surface area contributed by atoms with Crippen LogP contribution in [-0.2, 0) is 33.7 Å². The van der Waals surface area contributed by atoms with Gasteiger partial charge in [0.1, 0.15) is 10.2 Å². The largest absolute Gasteiger partial charge is 0.469 e. The molecule has 0 fully saturated rings. The smallest absolute Gasteiger partial charge is 0.309 e. The average molecular weight is 447 g/mol. The van der Waals surface area contributed by atoms with Gasteiger partial charge in [-0.2, -0.15) is 5.10 Å². The molecule has 0 unspecified atom stereocenters. The molecule has 7 heteroatoms. The summed E-state index contributed by atoms with van der Waals surface area (Å²) in [6.07, 6.45) is 2.18. The van der Waals surface area contributed by atoms with Crippen LogP contribution in [0.2, 0.25) is 0 Å². The van der Waals surface area contributed by atoms with Crippen molar-refractivity contribution in [3.8, 4) is 0 Å². The Kier molecular flexibility index (Phi) is 6.28. The lowest BCUT2D eigenvalue weighted by Gasteiger charge is -2.30. The molecule has 24 heavy (non-hydrogen) atoms. The van der Waals surface area contributed by atoms with Crippen molar-refractivity contribution in [1.82, 2.24) is 14.7 Å². The van der Waals surface area contributed by atoms with E-state index in [1.165, 1.54) is 12.7 Å². The number of halogens is 1. The summed E-state index contributed by atoms with van der Waals surface area (Å²) in [7, 11) is 1.42. The van der Waals surface area contributed by atoms with Gasteiger partial charge in [0, 0.05) is 24.1 Å². The fourth-order valence-corrected chi connectivity index (χ4v) is 4.30. The predicted molar refractivity (Wildman–Crippen MR) is 99.6 cm³/mol. The molecule has 2 rings (SSSR count). The number of nitrogens with zero attached hydrogens (tertiary/aromatic N) is 3. The monoisotopic (exact) mass is 447 g/mol. The molecule has 1 atom stereocenters. The molecule has 0 aliphatic heterocycles. The number of aromatic nitrogens is 2. The molecule has 0 aromatic carbocycles. The summed E-state index contributed by atoms with van der Waals surface area (Å²) in [5.41, 5.74) is 2.10. The van der Waals surface area contributed by atoms with E-state index in [9.17, 15) is 9.59 Å². The van der Waals surface area contributed by atoms with E-state index < -0.39 is 0 Å². The zero-order chi connectivity index (χ0) is 18.0. The third-order valence-corrected chi connectivity index (χ3v) is 5.68. The molecule has 0 saturated carbocycles. The van der Waals surface area contributed by atoms with Gasteiger partial charge in [-0.3, -0.25) is 9.59 Å². The highest BCUT2D eigenvalue weighted by molar-refractivity contribution is 14.1. The van der Waals surface area contributed by atoms with Gasteiger partial charge in [0.25, 0.3) is 0 Å². The van der Waals surface area contributed by atoms with Crippen LogP contribution < -0.4 is 0 Å². The van der Waals surface area contributed by atoms with E-state index in [1.54, 1.807) is 4.68 Å². The number of hydrogen-bond acceptors (Lipinski definition) is 4. The maximum atomic E-state index is 12.7. The third kappa shape index (κ3) is 3.92. The fraction of sp³-hybridized carbons (Fsp3) is 0.706. The summed E-state index contributed by atoms with van der Waals surface area (Å²) in [4.78, 5) is 26.3. The Labute approximate surface area is 157 Å². The van der Waals surface area contributed by atoms with Crippen molar-refractivity contribution >= 4 is 34.5 Å². The van der Waals surface area contributed by atoms with Crippen LogP contribution in [0.5, 0.6) is 0 Å². The van der Waals surface area contributed by atoms with Crippen molar-refractivity contribution < 1.29 is 14.3 Å². The Morgan fingerprint density at radius 3 is 2.50 bits per heavy atom. The zero-order valence-corrected chi connectivity index (χ0v) is 17.2. The molecular formula is C17H26IN3O3. The first-order chi connectivity index (χ1) is 11.3. The van der Waals surface area contributed by atoms with E-state index in [4.69, 9.17) is 4.74 Å². The number of amides is 1. The summed E-state index contributed by atoms with van der Waals surface area (Å²) < 4.78 is 7.64. The molecule has 134 valence electrons. The Balaban J connectivity index is 2.18. The van der Waals surface area contributed by atoms with Crippen molar-refractivity contribution in [2.75, 3.05) is 7.11 Å². The van der Waals surface area contributed by atoms with Gasteiger partial charge >= 0.3 is 5.97 Å². The van der Waals surface area contributed by atoms with Crippen LogP contribution in [0, 0.1) is 9.62 Å². The van der Waals surface area contributed by atoms with Crippen LogP contribution in [0.3, 0.4) is 0 Å². The van der Waals surface area contributed by atoms with E-state index >= 15 is 0 Å². The molecule has 1 amide bonds. The lowest BCUT2D eigenvalue weighted by molar-refractivity contribution is -0.145. The third-order valence-electron chi connectivity index (χ3n) is 4.47. The SMILES string of the molecule is COC(=O)[C@@H]1CCc2c(nn(CC(=O)N(C(C)C)C(C)C)c2I)C1. The average Bonchev–Trinajstić information content (AvgIpc) is 2.81. The van der Waals surface area contributed by atoms with Gasteiger partial charge in [-0.25, -0.2) is 4.68 Å². The number of esters is 1. The van der Waals surface area contributed by atoms with E-state index in [-0.39, 0.29) is 36.4 Å². The van der Waals surface area contributed by atoms with Crippen molar-refractivity contribution in [3.63, 3.8) is 0 Å². The number of ether oxygens (including phenoxy) is 1. The van der Waals surface area contributed by atoms with Gasteiger partial charge in [0.05, 0.1) is 18.7 Å². The summed E-state index contributed by atoms with van der Waals surface area (Å²) in [6.45, 7) is 8.34. The minimum absolute atomic E-state index is 0.0716. The second-order valence-corrected chi connectivity index (χ2v) is 7.85. The number of hydrogen-bond donors (Lipinski definition) is 0. The standard InChI is InChI=1S/C17H26IN3O3/c1-10(2)21(11(3)4)15(22)9-20-16(18)13-7-6-12(17(23)24-5)8-14(13)19-20/h10-12H,6-9H2,1-5H3/t12-/m1/s1. The summed E-state index contributed by atoms with van der Waals surface area (Å²) in [6, 6.07) is 0.313. The first-order valence-corrected chi connectivity index (χ1v) is 9.47. The Morgan fingerprint density at radius 1 is 1.33 bits per heavy atom. The van der Waals surface area contributed by atoms with Crippen LogP contribution in [0.4, 0.5) is 0 Å². The quantitative estimate of drug-likeness (QED) is 0.514. The van der Waals surface area contributed by atoms with Crippen LogP contribution in [0.1, 0.15) is 45.4 Å². The molecule has 0 spiro atoms. The number of rotatable bonds is 5. The summed E-state index contributed by atoms with van der Waals surface area (Å²) in [5, 5.41) is 4.61. The summed E-state index contributed by atoms with van der Waals surface area (Å²) in [5.74, 6) is -0.227. The minimum Gasteiger partial charge on any atom is -0.469 e. The Hall–Kier alpha value is -1.12. The molecule has 0 radical (unpaired) electrons. The Bertz CT molecular complexity index is 617. The molecule has 1 aromatic heterocycles. The zero-order valence-electron chi connectivity index (χ0n) is 15.0. The van der Waals surface area contributed by atoms with Gasteiger partial charge in [-0.15, -0.1) is 0 Å². The van der Waals surface area contributed by atoms with E-state index in [0.717, 1.165) is 22.2 Å². The second-order valence-electron chi connectivity index (χ2n) is 6.83. The normalized spacial score (nSPS) is 17.1. The molecule has 1 heterocycles. The lowest BCUT2D eigenvalue weighted by Crippen LogP contribution is -2.44. The molecular weight excluding hydrogens is 421 g/mol. The summed E-state index contributed by atoms with van der Waals surface area (Å²) >= 11 is 2.26. The van der Waals surface area contributed by atoms with Crippen LogP contribution in [0.25, 0.3) is 0 Å². The van der Waals surface area contributed by atoms with E-state index in [2.05, 4.69) is 27.7 Å². The molecule has 1 aliphatic carbocycles. The number of fused-ring (bicyclic) bond motifs is 1. The van der Waals surface area contributed by atoms with Crippen molar-refractivity contribution in [2.24, 2.45) is 5.92 Å². The lowest BCUT2D eigenvalue weighted by atomic mass is 9.88. The van der Waals surface area contributed by atoms with E-state index in [0.29, 0.717) is 6.42 Å². The number of carbonyl (C=O) groups is 2. The molecule has 0 bridgehead atoms. The first-order valence-electron chi connectivity index (χ1n) is 8.39. The molecule has 0 saturated heterocycles. The number of carbonyl (C=O) groups excluding carboxylic acids is 2. The second kappa shape index (κ2) is 7.84. The van der Waals surface area contributed by atoms with Gasteiger partial charge < -0.3 is 9.64 Å².